The first kappa shape index (κ1) is 12.3. The van der Waals surface area contributed by atoms with Crippen molar-refractivity contribution in [2.45, 2.75) is 6.92 Å². The standard InChI is InChI=1S/C15H12FN3O/c1-9-2-3-12(16)7-13(9)19-15(20)11-6-10-4-5-17-14(10)18-8-11/h2-8H,1H3,(H,17,18)(H,19,20). The second kappa shape index (κ2) is 4.77. The van der Waals surface area contributed by atoms with Crippen LogP contribution in [0, 0.1) is 12.7 Å². The molecule has 5 heteroatoms. The maximum atomic E-state index is 13.2. The SMILES string of the molecule is Cc1ccc(F)cc1NC(=O)c1cnc2[nH]ccc2c1. The zero-order valence-corrected chi connectivity index (χ0v) is 10.8. The Kier molecular flexibility index (Phi) is 2.95. The second-order valence-electron chi connectivity index (χ2n) is 4.55. The lowest BCUT2D eigenvalue weighted by Crippen LogP contribution is -2.13. The van der Waals surface area contributed by atoms with Crippen molar-refractivity contribution in [1.82, 2.24) is 9.97 Å². The number of amides is 1. The monoisotopic (exact) mass is 269 g/mol. The van der Waals surface area contributed by atoms with Gasteiger partial charge in [0.2, 0.25) is 0 Å². The molecule has 0 saturated carbocycles. The van der Waals surface area contributed by atoms with E-state index < -0.39 is 0 Å². The van der Waals surface area contributed by atoms with Crippen molar-refractivity contribution in [2.24, 2.45) is 0 Å². The average Bonchev–Trinajstić information content (AvgIpc) is 2.90. The number of aromatic nitrogens is 2. The Bertz CT molecular complexity index is 795. The molecule has 0 spiro atoms. The Hall–Kier alpha value is -2.69. The quantitative estimate of drug-likeness (QED) is 0.750. The van der Waals surface area contributed by atoms with Gasteiger partial charge in [-0.05, 0) is 36.8 Å². The molecule has 0 radical (unpaired) electrons. The number of nitrogens with zero attached hydrogens (tertiary/aromatic N) is 1. The molecular weight excluding hydrogens is 257 g/mol. The van der Waals surface area contributed by atoms with Crippen molar-refractivity contribution in [3.8, 4) is 0 Å². The molecule has 2 aromatic heterocycles. The minimum absolute atomic E-state index is 0.311. The first-order chi connectivity index (χ1) is 9.63. The molecule has 4 nitrogen and oxygen atoms in total. The van der Waals surface area contributed by atoms with Gasteiger partial charge in [-0.3, -0.25) is 4.79 Å². The van der Waals surface area contributed by atoms with E-state index in [1.54, 1.807) is 18.3 Å². The molecule has 20 heavy (non-hydrogen) atoms. The Labute approximate surface area is 114 Å². The van der Waals surface area contributed by atoms with E-state index in [1.165, 1.54) is 18.3 Å². The zero-order chi connectivity index (χ0) is 14.1. The highest BCUT2D eigenvalue weighted by Gasteiger charge is 2.10. The number of aryl methyl sites for hydroxylation is 1. The molecule has 0 fully saturated rings. The normalized spacial score (nSPS) is 10.7. The average molecular weight is 269 g/mol. The van der Waals surface area contributed by atoms with Crippen LogP contribution in [0.5, 0.6) is 0 Å². The number of anilines is 1. The summed E-state index contributed by atoms with van der Waals surface area (Å²) < 4.78 is 13.2. The summed E-state index contributed by atoms with van der Waals surface area (Å²) in [6.07, 6.45) is 3.25. The van der Waals surface area contributed by atoms with Crippen LogP contribution >= 0.6 is 0 Å². The van der Waals surface area contributed by atoms with Crippen molar-refractivity contribution >= 4 is 22.6 Å². The van der Waals surface area contributed by atoms with Crippen LogP contribution in [0.3, 0.4) is 0 Å². The van der Waals surface area contributed by atoms with Crippen molar-refractivity contribution in [3.63, 3.8) is 0 Å². The molecule has 0 aliphatic carbocycles. The van der Waals surface area contributed by atoms with Gasteiger partial charge in [-0.2, -0.15) is 0 Å². The Morgan fingerprint density at radius 1 is 1.30 bits per heavy atom. The van der Waals surface area contributed by atoms with Crippen molar-refractivity contribution in [1.29, 1.82) is 0 Å². The molecule has 1 aromatic carbocycles. The Morgan fingerprint density at radius 2 is 2.15 bits per heavy atom. The number of hydrogen-bond donors (Lipinski definition) is 2. The number of carbonyl (C=O) groups excluding carboxylic acids is 1. The number of rotatable bonds is 2. The molecule has 2 heterocycles. The number of carbonyl (C=O) groups is 1. The predicted octanol–water partition coefficient (Wildman–Crippen LogP) is 3.26. The first-order valence-corrected chi connectivity index (χ1v) is 6.14. The molecule has 0 aliphatic rings. The van der Waals surface area contributed by atoms with Crippen molar-refractivity contribution < 1.29 is 9.18 Å². The van der Waals surface area contributed by atoms with Gasteiger partial charge in [-0.25, -0.2) is 9.37 Å². The van der Waals surface area contributed by atoms with E-state index >= 15 is 0 Å². The van der Waals surface area contributed by atoms with Crippen molar-refractivity contribution in [2.75, 3.05) is 5.32 Å². The van der Waals surface area contributed by atoms with Crippen LogP contribution in [0.1, 0.15) is 15.9 Å². The summed E-state index contributed by atoms with van der Waals surface area (Å²) in [5.74, 6) is -0.695. The molecule has 0 saturated heterocycles. The van der Waals surface area contributed by atoms with Crippen LogP contribution in [-0.2, 0) is 0 Å². The summed E-state index contributed by atoms with van der Waals surface area (Å²) in [4.78, 5) is 19.3. The van der Waals surface area contributed by atoms with Gasteiger partial charge >= 0.3 is 0 Å². The van der Waals surface area contributed by atoms with E-state index in [4.69, 9.17) is 0 Å². The van der Waals surface area contributed by atoms with Gasteiger partial charge in [-0.1, -0.05) is 6.07 Å². The number of benzene rings is 1. The fourth-order valence-electron chi connectivity index (χ4n) is 1.99. The molecule has 3 rings (SSSR count). The second-order valence-corrected chi connectivity index (χ2v) is 4.55. The topological polar surface area (TPSA) is 57.8 Å². The van der Waals surface area contributed by atoms with E-state index in [0.29, 0.717) is 11.3 Å². The third-order valence-corrected chi connectivity index (χ3v) is 3.11. The number of halogens is 1. The molecule has 0 aliphatic heterocycles. The number of fused-ring (bicyclic) bond motifs is 1. The summed E-state index contributed by atoms with van der Waals surface area (Å²) in [5, 5.41) is 3.55. The van der Waals surface area contributed by atoms with Gasteiger partial charge in [0.1, 0.15) is 11.5 Å². The third-order valence-electron chi connectivity index (χ3n) is 3.11. The fraction of sp³-hybridized carbons (Fsp3) is 0.0667. The fourth-order valence-corrected chi connectivity index (χ4v) is 1.99. The molecule has 0 bridgehead atoms. The molecule has 100 valence electrons. The number of aromatic amines is 1. The molecule has 2 N–H and O–H groups in total. The highest BCUT2D eigenvalue weighted by Crippen LogP contribution is 2.18. The van der Waals surface area contributed by atoms with Gasteiger partial charge in [0, 0.05) is 23.5 Å². The molecule has 1 amide bonds. The van der Waals surface area contributed by atoms with E-state index in [1.807, 2.05) is 13.0 Å². The summed E-state index contributed by atoms with van der Waals surface area (Å²) in [6, 6.07) is 7.86. The largest absolute Gasteiger partial charge is 0.346 e. The van der Waals surface area contributed by atoms with Crippen LogP contribution in [-0.4, -0.2) is 15.9 Å². The third kappa shape index (κ3) is 2.25. The van der Waals surface area contributed by atoms with Crippen LogP contribution in [0.4, 0.5) is 10.1 Å². The Balaban J connectivity index is 1.90. The number of nitrogens with one attached hydrogen (secondary N) is 2. The Morgan fingerprint density at radius 3 is 3.00 bits per heavy atom. The zero-order valence-electron chi connectivity index (χ0n) is 10.8. The number of hydrogen-bond acceptors (Lipinski definition) is 2. The van der Waals surface area contributed by atoms with Crippen LogP contribution in [0.25, 0.3) is 11.0 Å². The highest BCUT2D eigenvalue weighted by molar-refractivity contribution is 6.05. The van der Waals surface area contributed by atoms with Gasteiger partial charge in [0.25, 0.3) is 5.91 Å². The van der Waals surface area contributed by atoms with Gasteiger partial charge < -0.3 is 10.3 Å². The lowest BCUT2D eigenvalue weighted by Gasteiger charge is -2.08. The van der Waals surface area contributed by atoms with E-state index in [0.717, 1.165) is 16.6 Å². The minimum atomic E-state index is -0.384. The highest BCUT2D eigenvalue weighted by atomic mass is 19.1. The van der Waals surface area contributed by atoms with E-state index in [2.05, 4.69) is 15.3 Å². The van der Waals surface area contributed by atoms with Crippen LogP contribution in [0.15, 0.2) is 42.7 Å². The lowest BCUT2D eigenvalue weighted by atomic mass is 10.1. The molecule has 3 aromatic rings. The molecule has 0 unspecified atom stereocenters. The van der Waals surface area contributed by atoms with E-state index in [-0.39, 0.29) is 11.7 Å². The summed E-state index contributed by atoms with van der Waals surface area (Å²) in [6.45, 7) is 1.81. The first-order valence-electron chi connectivity index (χ1n) is 6.14. The molecular formula is C15H12FN3O. The maximum Gasteiger partial charge on any atom is 0.257 e. The van der Waals surface area contributed by atoms with E-state index in [9.17, 15) is 9.18 Å². The smallest absolute Gasteiger partial charge is 0.257 e. The minimum Gasteiger partial charge on any atom is -0.346 e. The van der Waals surface area contributed by atoms with Crippen molar-refractivity contribution in [3.05, 3.63) is 59.7 Å². The lowest BCUT2D eigenvalue weighted by molar-refractivity contribution is 0.102. The maximum absolute atomic E-state index is 13.2. The summed E-state index contributed by atoms with van der Waals surface area (Å²) in [7, 11) is 0. The van der Waals surface area contributed by atoms with Crippen LogP contribution in [0.2, 0.25) is 0 Å². The van der Waals surface area contributed by atoms with Gasteiger partial charge in [-0.15, -0.1) is 0 Å². The van der Waals surface area contributed by atoms with Crippen LogP contribution < -0.4 is 5.32 Å². The summed E-state index contributed by atoms with van der Waals surface area (Å²) in [5.41, 5.74) is 2.42. The summed E-state index contributed by atoms with van der Waals surface area (Å²) >= 11 is 0. The van der Waals surface area contributed by atoms with Gasteiger partial charge in [0.05, 0.1) is 5.56 Å². The number of H-pyrrole nitrogens is 1. The number of pyridine rings is 1. The van der Waals surface area contributed by atoms with Gasteiger partial charge in [0.15, 0.2) is 0 Å². The predicted molar refractivity (Wildman–Crippen MR) is 75.2 cm³/mol. The molecule has 0 atom stereocenters.